The summed E-state index contributed by atoms with van der Waals surface area (Å²) in [6.45, 7) is 3.84. The molecule has 2 rings (SSSR count). The predicted octanol–water partition coefficient (Wildman–Crippen LogP) is 3.55. The first-order valence-electron chi connectivity index (χ1n) is 5.79. The molecule has 1 aliphatic rings. The summed E-state index contributed by atoms with van der Waals surface area (Å²) in [6.07, 6.45) is 1.65. The smallest absolute Gasteiger partial charge is 0.252 e. The number of hydrogen-bond donors (Lipinski definition) is 0. The lowest BCUT2D eigenvalue weighted by molar-refractivity contribution is -0.123. The first-order chi connectivity index (χ1) is 8.59. The van der Waals surface area contributed by atoms with E-state index in [4.69, 9.17) is 12.2 Å². The van der Waals surface area contributed by atoms with Gasteiger partial charge in [0.2, 0.25) is 0 Å². The third kappa shape index (κ3) is 2.82. The molecule has 1 fully saturated rings. The minimum absolute atomic E-state index is 0.0150. The summed E-state index contributed by atoms with van der Waals surface area (Å²) in [6, 6.07) is 10.1. The first kappa shape index (κ1) is 13.3. The van der Waals surface area contributed by atoms with Crippen LogP contribution in [0.5, 0.6) is 0 Å². The Kier molecular flexibility index (Phi) is 4.19. The molecule has 0 radical (unpaired) electrons. The van der Waals surface area contributed by atoms with Crippen molar-refractivity contribution in [1.29, 1.82) is 0 Å². The van der Waals surface area contributed by atoms with Gasteiger partial charge in [-0.2, -0.15) is 0 Å². The lowest BCUT2D eigenvalue weighted by atomic mass is 10.1. The molecule has 0 bridgehead atoms. The SMILES string of the molecule is CC(C)=CC(=O)N1C(=S)SC[C@@H]1c1ccccc1. The molecule has 0 saturated carbocycles. The van der Waals surface area contributed by atoms with Crippen LogP contribution in [-0.2, 0) is 4.79 Å². The third-order valence-electron chi connectivity index (χ3n) is 2.71. The molecular weight excluding hydrogens is 262 g/mol. The summed E-state index contributed by atoms with van der Waals surface area (Å²) in [5, 5.41) is 0. The van der Waals surface area contributed by atoms with Gasteiger partial charge in [-0.15, -0.1) is 0 Å². The van der Waals surface area contributed by atoms with Crippen molar-refractivity contribution in [3.05, 3.63) is 47.5 Å². The minimum Gasteiger partial charge on any atom is -0.286 e. The van der Waals surface area contributed by atoms with E-state index in [2.05, 4.69) is 0 Å². The Bertz CT molecular complexity index is 492. The van der Waals surface area contributed by atoms with Crippen LogP contribution in [0.25, 0.3) is 0 Å². The summed E-state index contributed by atoms with van der Waals surface area (Å²) < 4.78 is 0.673. The highest BCUT2D eigenvalue weighted by Gasteiger charge is 2.33. The fraction of sp³-hybridized carbons (Fsp3) is 0.286. The summed E-state index contributed by atoms with van der Waals surface area (Å²) in [7, 11) is 0. The van der Waals surface area contributed by atoms with Gasteiger partial charge in [0.25, 0.3) is 5.91 Å². The fourth-order valence-electron chi connectivity index (χ4n) is 1.90. The second-order valence-corrected chi connectivity index (χ2v) is 6.09. The molecule has 4 heteroatoms. The molecule has 1 heterocycles. The van der Waals surface area contributed by atoms with E-state index in [1.165, 1.54) is 0 Å². The van der Waals surface area contributed by atoms with E-state index in [1.807, 2.05) is 44.2 Å². The number of allylic oxidation sites excluding steroid dienone is 1. The Morgan fingerprint density at radius 3 is 2.67 bits per heavy atom. The Labute approximate surface area is 117 Å². The molecule has 1 aromatic carbocycles. The molecule has 0 aliphatic carbocycles. The van der Waals surface area contributed by atoms with Crippen LogP contribution in [0.15, 0.2) is 42.0 Å². The highest BCUT2D eigenvalue weighted by atomic mass is 32.2. The standard InChI is InChI=1S/C14H15NOS2/c1-10(2)8-13(16)15-12(9-18-14(15)17)11-6-4-3-5-7-11/h3-8,12H,9H2,1-2H3/t12-/m1/s1. The minimum atomic E-state index is -0.0150. The van der Waals surface area contributed by atoms with Gasteiger partial charge in [0.05, 0.1) is 6.04 Å². The van der Waals surface area contributed by atoms with E-state index in [-0.39, 0.29) is 11.9 Å². The number of amides is 1. The highest BCUT2D eigenvalue weighted by molar-refractivity contribution is 8.23. The molecule has 1 saturated heterocycles. The van der Waals surface area contributed by atoms with Crippen LogP contribution in [0.4, 0.5) is 0 Å². The molecule has 18 heavy (non-hydrogen) atoms. The van der Waals surface area contributed by atoms with E-state index >= 15 is 0 Å². The number of hydrogen-bond acceptors (Lipinski definition) is 3. The van der Waals surface area contributed by atoms with Crippen molar-refractivity contribution in [3.63, 3.8) is 0 Å². The number of carbonyl (C=O) groups excluding carboxylic acids is 1. The van der Waals surface area contributed by atoms with Crippen molar-refractivity contribution >= 4 is 34.2 Å². The number of thiocarbonyl (C=S) groups is 1. The van der Waals surface area contributed by atoms with Crippen LogP contribution in [0.1, 0.15) is 25.5 Å². The maximum Gasteiger partial charge on any atom is 0.252 e. The molecule has 0 spiro atoms. The molecular formula is C14H15NOS2. The van der Waals surface area contributed by atoms with Crippen molar-refractivity contribution in [1.82, 2.24) is 4.90 Å². The topological polar surface area (TPSA) is 20.3 Å². The van der Waals surface area contributed by atoms with Gasteiger partial charge in [-0.3, -0.25) is 9.69 Å². The number of nitrogens with zero attached hydrogens (tertiary/aromatic N) is 1. The second-order valence-electron chi connectivity index (χ2n) is 4.43. The van der Waals surface area contributed by atoms with Crippen molar-refractivity contribution in [2.24, 2.45) is 0 Å². The van der Waals surface area contributed by atoms with Gasteiger partial charge in [-0.25, -0.2) is 0 Å². The van der Waals surface area contributed by atoms with Crippen molar-refractivity contribution < 1.29 is 4.79 Å². The monoisotopic (exact) mass is 277 g/mol. The van der Waals surface area contributed by atoms with Crippen LogP contribution in [-0.4, -0.2) is 20.9 Å². The highest BCUT2D eigenvalue weighted by Crippen LogP contribution is 2.35. The van der Waals surface area contributed by atoms with E-state index < -0.39 is 0 Å². The summed E-state index contributed by atoms with van der Waals surface area (Å²) in [5.74, 6) is 0.824. The molecule has 2 nitrogen and oxygen atoms in total. The molecule has 0 N–H and O–H groups in total. The quantitative estimate of drug-likeness (QED) is 0.609. The van der Waals surface area contributed by atoms with E-state index in [0.29, 0.717) is 4.32 Å². The largest absolute Gasteiger partial charge is 0.286 e. The van der Waals surface area contributed by atoms with E-state index in [9.17, 15) is 4.79 Å². The summed E-state index contributed by atoms with van der Waals surface area (Å²) in [5.41, 5.74) is 2.13. The zero-order chi connectivity index (χ0) is 13.1. The van der Waals surface area contributed by atoms with Gasteiger partial charge in [-0.05, 0) is 19.4 Å². The van der Waals surface area contributed by atoms with E-state index in [0.717, 1.165) is 16.9 Å². The zero-order valence-electron chi connectivity index (χ0n) is 10.4. The zero-order valence-corrected chi connectivity index (χ0v) is 12.1. The van der Waals surface area contributed by atoms with Crippen molar-refractivity contribution in [3.8, 4) is 0 Å². The van der Waals surface area contributed by atoms with Crippen LogP contribution in [0.2, 0.25) is 0 Å². The number of thioether (sulfide) groups is 1. The van der Waals surface area contributed by atoms with Gasteiger partial charge in [0, 0.05) is 11.8 Å². The Morgan fingerprint density at radius 2 is 2.06 bits per heavy atom. The van der Waals surface area contributed by atoms with Crippen molar-refractivity contribution in [2.75, 3.05) is 5.75 Å². The Balaban J connectivity index is 2.29. The summed E-state index contributed by atoms with van der Waals surface area (Å²) in [4.78, 5) is 13.9. The molecule has 1 aromatic rings. The van der Waals surface area contributed by atoms with Crippen LogP contribution in [0.3, 0.4) is 0 Å². The average Bonchev–Trinajstić information content (AvgIpc) is 2.71. The Hall–Kier alpha value is -1.13. The second kappa shape index (κ2) is 5.67. The van der Waals surface area contributed by atoms with Gasteiger partial charge >= 0.3 is 0 Å². The molecule has 1 aliphatic heterocycles. The number of rotatable bonds is 2. The van der Waals surface area contributed by atoms with E-state index in [1.54, 1.807) is 22.7 Å². The normalized spacial score (nSPS) is 18.9. The molecule has 1 atom stereocenters. The maximum absolute atomic E-state index is 12.2. The third-order valence-corrected chi connectivity index (χ3v) is 4.18. The van der Waals surface area contributed by atoms with Gasteiger partial charge in [0.1, 0.15) is 4.32 Å². The predicted molar refractivity (Wildman–Crippen MR) is 80.5 cm³/mol. The molecule has 1 amide bonds. The number of benzene rings is 1. The lowest BCUT2D eigenvalue weighted by Crippen LogP contribution is -2.32. The molecule has 0 aromatic heterocycles. The molecule has 0 unspecified atom stereocenters. The first-order valence-corrected chi connectivity index (χ1v) is 7.19. The molecule has 94 valence electrons. The van der Waals surface area contributed by atoms with Crippen LogP contribution < -0.4 is 0 Å². The fourth-order valence-corrected chi connectivity index (χ4v) is 3.32. The van der Waals surface area contributed by atoms with Crippen LogP contribution in [0, 0.1) is 0 Å². The maximum atomic E-state index is 12.2. The van der Waals surface area contributed by atoms with Gasteiger partial charge in [0.15, 0.2) is 0 Å². The summed E-state index contributed by atoms with van der Waals surface area (Å²) >= 11 is 6.86. The van der Waals surface area contributed by atoms with Gasteiger partial charge in [-0.1, -0.05) is 59.9 Å². The number of carbonyl (C=O) groups is 1. The van der Waals surface area contributed by atoms with Crippen LogP contribution >= 0.6 is 24.0 Å². The Morgan fingerprint density at radius 1 is 1.39 bits per heavy atom. The van der Waals surface area contributed by atoms with Gasteiger partial charge < -0.3 is 0 Å². The average molecular weight is 277 g/mol. The lowest BCUT2D eigenvalue weighted by Gasteiger charge is -2.22. The van der Waals surface area contributed by atoms with Crippen molar-refractivity contribution in [2.45, 2.75) is 19.9 Å².